The van der Waals surface area contributed by atoms with Gasteiger partial charge in [0.15, 0.2) is 0 Å². The van der Waals surface area contributed by atoms with Gasteiger partial charge in [0.2, 0.25) is 5.91 Å². The minimum absolute atomic E-state index is 0.192. The summed E-state index contributed by atoms with van der Waals surface area (Å²) in [5.41, 5.74) is 4.39. The highest BCUT2D eigenvalue weighted by Crippen LogP contribution is 2.23. The van der Waals surface area contributed by atoms with Crippen molar-refractivity contribution in [2.24, 2.45) is 5.10 Å². The Hall–Kier alpha value is -1.55. The van der Waals surface area contributed by atoms with E-state index in [-0.39, 0.29) is 11.7 Å². The first kappa shape index (κ1) is 23.1. The Kier molecular flexibility index (Phi) is 9.05. The zero-order valence-corrected chi connectivity index (χ0v) is 21.0. The van der Waals surface area contributed by atoms with Crippen LogP contribution in [-0.2, 0) is 11.4 Å². The van der Waals surface area contributed by atoms with E-state index < -0.39 is 0 Å². The molecule has 0 unspecified atom stereocenters. The molecule has 1 amide bonds. The maximum Gasteiger partial charge on any atom is 0.250 e. The van der Waals surface area contributed by atoms with E-state index in [0.29, 0.717) is 17.4 Å². The third-order valence-electron chi connectivity index (χ3n) is 3.86. The van der Waals surface area contributed by atoms with Crippen LogP contribution in [0.15, 0.2) is 81.2 Å². The van der Waals surface area contributed by atoms with Crippen LogP contribution < -0.4 is 10.2 Å². The van der Waals surface area contributed by atoms with Crippen LogP contribution in [0.25, 0.3) is 0 Å². The first-order valence-electron chi connectivity index (χ1n) is 8.87. The molecule has 0 spiro atoms. The molecule has 1 N–H and O–H groups in total. The third kappa shape index (κ3) is 7.61. The van der Waals surface area contributed by atoms with Gasteiger partial charge in [0.25, 0.3) is 0 Å². The number of hydrogen-bond acceptors (Lipinski definition) is 4. The van der Waals surface area contributed by atoms with Crippen LogP contribution in [0, 0.1) is 3.57 Å². The highest BCUT2D eigenvalue weighted by atomic mass is 127. The summed E-state index contributed by atoms with van der Waals surface area (Å²) in [6.45, 7) is 0.448. The molecule has 0 aromatic heterocycles. The van der Waals surface area contributed by atoms with Gasteiger partial charge in [-0.25, -0.2) is 5.43 Å². The fraction of sp³-hybridized carbons (Fsp3) is 0.0909. The standard InChI is InChI=1S/C22H17BrClIN2O2S/c23-17-3-10-21(29-13-15-1-6-19(25)7-2-15)16(11-17)12-26-27-22(28)14-30-20-8-4-18(24)5-9-20/h1-12H,13-14H2,(H,27,28)/b26-12-. The van der Waals surface area contributed by atoms with Crippen molar-refractivity contribution < 1.29 is 9.53 Å². The topological polar surface area (TPSA) is 50.7 Å². The summed E-state index contributed by atoms with van der Waals surface area (Å²) in [5.74, 6) is 0.751. The molecule has 0 aliphatic carbocycles. The Morgan fingerprint density at radius 2 is 1.87 bits per heavy atom. The maximum absolute atomic E-state index is 12.1. The quantitative estimate of drug-likeness (QED) is 0.136. The van der Waals surface area contributed by atoms with E-state index in [1.54, 1.807) is 18.3 Å². The first-order chi connectivity index (χ1) is 14.5. The minimum Gasteiger partial charge on any atom is -0.488 e. The second kappa shape index (κ2) is 11.7. The average Bonchev–Trinajstić information content (AvgIpc) is 2.74. The van der Waals surface area contributed by atoms with E-state index in [4.69, 9.17) is 16.3 Å². The molecule has 0 aliphatic heterocycles. The van der Waals surface area contributed by atoms with Crippen LogP contribution >= 0.6 is 61.9 Å². The number of hydrogen-bond donors (Lipinski definition) is 1. The predicted molar refractivity (Wildman–Crippen MR) is 136 cm³/mol. The molecule has 3 rings (SSSR count). The van der Waals surface area contributed by atoms with Crippen LogP contribution in [0.5, 0.6) is 5.75 Å². The van der Waals surface area contributed by atoms with Crippen LogP contribution in [0.1, 0.15) is 11.1 Å². The minimum atomic E-state index is -0.192. The predicted octanol–water partition coefficient (Wildman–Crippen LogP) is 6.53. The van der Waals surface area contributed by atoms with Gasteiger partial charge in [0.05, 0.1) is 12.0 Å². The zero-order chi connectivity index (χ0) is 21.3. The molecule has 0 heterocycles. The molecule has 0 fully saturated rings. The van der Waals surface area contributed by atoms with Crippen molar-refractivity contribution in [3.8, 4) is 5.75 Å². The van der Waals surface area contributed by atoms with E-state index in [1.807, 2.05) is 54.6 Å². The van der Waals surface area contributed by atoms with Gasteiger partial charge in [-0.2, -0.15) is 5.10 Å². The molecule has 3 aromatic carbocycles. The molecule has 3 aromatic rings. The van der Waals surface area contributed by atoms with Crippen molar-refractivity contribution >= 4 is 74.0 Å². The van der Waals surface area contributed by atoms with Crippen LogP contribution in [0.2, 0.25) is 5.02 Å². The van der Waals surface area contributed by atoms with Crippen molar-refractivity contribution in [1.29, 1.82) is 0 Å². The van der Waals surface area contributed by atoms with Crippen molar-refractivity contribution in [3.63, 3.8) is 0 Å². The summed E-state index contributed by atoms with van der Waals surface area (Å²) in [4.78, 5) is 13.0. The van der Waals surface area contributed by atoms with Gasteiger partial charge in [0, 0.05) is 23.5 Å². The number of ether oxygens (including phenoxy) is 1. The number of amides is 1. The van der Waals surface area contributed by atoms with E-state index in [9.17, 15) is 4.79 Å². The van der Waals surface area contributed by atoms with Gasteiger partial charge in [-0.1, -0.05) is 39.7 Å². The Balaban J connectivity index is 1.55. The molecule has 0 saturated heterocycles. The monoisotopic (exact) mass is 614 g/mol. The molecule has 0 bridgehead atoms. The van der Waals surface area contributed by atoms with E-state index >= 15 is 0 Å². The number of carbonyl (C=O) groups excluding carboxylic acids is 1. The van der Waals surface area contributed by atoms with E-state index in [0.717, 1.165) is 20.5 Å². The van der Waals surface area contributed by atoms with Crippen LogP contribution in [0.3, 0.4) is 0 Å². The Morgan fingerprint density at radius 1 is 1.13 bits per heavy atom. The normalized spacial score (nSPS) is 10.9. The summed E-state index contributed by atoms with van der Waals surface area (Å²) in [6.07, 6.45) is 1.58. The summed E-state index contributed by atoms with van der Waals surface area (Å²) >= 11 is 13.0. The largest absolute Gasteiger partial charge is 0.488 e. The molecule has 8 heteroatoms. The first-order valence-corrected chi connectivity index (χ1v) is 12.1. The lowest BCUT2D eigenvalue weighted by Gasteiger charge is -2.10. The number of nitrogens with one attached hydrogen (secondary N) is 1. The average molecular weight is 616 g/mol. The number of nitrogens with zero attached hydrogens (tertiary/aromatic N) is 1. The van der Waals surface area contributed by atoms with E-state index in [2.05, 4.69) is 49.0 Å². The number of thioether (sulfide) groups is 1. The molecule has 4 nitrogen and oxygen atoms in total. The molecule has 0 saturated carbocycles. The van der Waals surface area contributed by atoms with Gasteiger partial charge in [-0.15, -0.1) is 11.8 Å². The Bertz CT molecular complexity index is 1030. The van der Waals surface area contributed by atoms with Crippen LogP contribution in [-0.4, -0.2) is 17.9 Å². The van der Waals surface area contributed by atoms with Crippen molar-refractivity contribution in [3.05, 3.63) is 90.9 Å². The highest BCUT2D eigenvalue weighted by Gasteiger charge is 2.05. The lowest BCUT2D eigenvalue weighted by molar-refractivity contribution is -0.118. The second-order valence-electron chi connectivity index (χ2n) is 6.13. The molecule has 0 aliphatic rings. The Morgan fingerprint density at radius 3 is 2.60 bits per heavy atom. The van der Waals surface area contributed by atoms with Gasteiger partial charge in [-0.05, 0) is 82.8 Å². The summed E-state index contributed by atoms with van der Waals surface area (Å²) in [5, 5.41) is 4.74. The number of halogens is 3. The molecule has 0 atom stereocenters. The zero-order valence-electron chi connectivity index (χ0n) is 15.6. The fourth-order valence-electron chi connectivity index (χ4n) is 2.38. The van der Waals surface area contributed by atoms with Crippen LogP contribution in [0.4, 0.5) is 0 Å². The molecular weight excluding hydrogens is 599 g/mol. The second-order valence-corrected chi connectivity index (χ2v) is 9.78. The Labute approximate surface area is 206 Å². The van der Waals surface area contributed by atoms with Crippen molar-refractivity contribution in [2.75, 3.05) is 5.75 Å². The maximum atomic E-state index is 12.1. The molecule has 154 valence electrons. The number of hydrazone groups is 1. The highest BCUT2D eigenvalue weighted by molar-refractivity contribution is 14.1. The lowest BCUT2D eigenvalue weighted by Crippen LogP contribution is -2.19. The van der Waals surface area contributed by atoms with Gasteiger partial charge in [-0.3, -0.25) is 4.79 Å². The number of benzene rings is 3. The summed E-state index contributed by atoms with van der Waals surface area (Å²) in [7, 11) is 0. The summed E-state index contributed by atoms with van der Waals surface area (Å²) < 4.78 is 8.03. The third-order valence-corrected chi connectivity index (χ3v) is 6.33. The SMILES string of the molecule is O=C(CSc1ccc(Cl)cc1)N/N=C\c1cc(Br)ccc1OCc1ccc(I)cc1. The van der Waals surface area contributed by atoms with Gasteiger partial charge >= 0.3 is 0 Å². The smallest absolute Gasteiger partial charge is 0.250 e. The van der Waals surface area contributed by atoms with Gasteiger partial charge in [0.1, 0.15) is 12.4 Å². The molecular formula is C22H17BrClIN2O2S. The van der Waals surface area contributed by atoms with E-state index in [1.165, 1.54) is 15.3 Å². The summed E-state index contributed by atoms with van der Waals surface area (Å²) in [6, 6.07) is 21.2. The molecule has 30 heavy (non-hydrogen) atoms. The molecule has 0 radical (unpaired) electrons. The van der Waals surface area contributed by atoms with Gasteiger partial charge < -0.3 is 4.74 Å². The van der Waals surface area contributed by atoms with Crippen molar-refractivity contribution in [1.82, 2.24) is 5.43 Å². The van der Waals surface area contributed by atoms with Crippen molar-refractivity contribution in [2.45, 2.75) is 11.5 Å². The lowest BCUT2D eigenvalue weighted by atomic mass is 10.2. The number of carbonyl (C=O) groups is 1. The fourth-order valence-corrected chi connectivity index (χ4v) is 3.93. The number of rotatable bonds is 8.